The van der Waals surface area contributed by atoms with Crippen LogP contribution in [0.3, 0.4) is 0 Å². The van der Waals surface area contributed by atoms with Crippen molar-refractivity contribution in [2.75, 3.05) is 4.72 Å². The zero-order valence-electron chi connectivity index (χ0n) is 16.9. The SMILES string of the molecule is Cc1ccc(S(=O)(=O)Nc2nccnc2-c2ccc(CNCc3ccco3)cc2)cc1. The molecule has 2 aromatic carbocycles. The third-order valence-electron chi connectivity index (χ3n) is 4.70. The van der Waals surface area contributed by atoms with Gasteiger partial charge in [0.05, 0.1) is 17.7 Å². The summed E-state index contributed by atoms with van der Waals surface area (Å²) in [6.45, 7) is 3.22. The van der Waals surface area contributed by atoms with Gasteiger partial charge in [-0.25, -0.2) is 13.4 Å². The van der Waals surface area contributed by atoms with E-state index in [1.807, 2.05) is 43.3 Å². The number of aromatic nitrogens is 2. The Morgan fingerprint density at radius 1 is 0.903 bits per heavy atom. The van der Waals surface area contributed by atoms with Gasteiger partial charge in [0.25, 0.3) is 10.0 Å². The van der Waals surface area contributed by atoms with E-state index in [1.165, 1.54) is 12.4 Å². The smallest absolute Gasteiger partial charge is 0.263 e. The molecule has 8 heteroatoms. The Kier molecular flexibility index (Phi) is 6.11. The van der Waals surface area contributed by atoms with Gasteiger partial charge in [-0.1, -0.05) is 42.0 Å². The first-order chi connectivity index (χ1) is 15.0. The van der Waals surface area contributed by atoms with Crippen LogP contribution in [0.1, 0.15) is 16.9 Å². The average Bonchev–Trinajstić information content (AvgIpc) is 3.28. The Bertz CT molecular complexity index is 1240. The summed E-state index contributed by atoms with van der Waals surface area (Å²) in [4.78, 5) is 8.73. The Balaban J connectivity index is 1.49. The van der Waals surface area contributed by atoms with Gasteiger partial charge in [-0.05, 0) is 36.8 Å². The third kappa shape index (κ3) is 5.17. The fourth-order valence-corrected chi connectivity index (χ4v) is 4.07. The van der Waals surface area contributed by atoms with Crippen LogP contribution in [-0.4, -0.2) is 18.4 Å². The van der Waals surface area contributed by atoms with Crippen LogP contribution in [0.25, 0.3) is 11.3 Å². The zero-order valence-corrected chi connectivity index (χ0v) is 17.8. The minimum Gasteiger partial charge on any atom is -0.468 e. The number of rotatable bonds is 8. The molecule has 158 valence electrons. The van der Waals surface area contributed by atoms with E-state index in [-0.39, 0.29) is 10.7 Å². The number of anilines is 1. The van der Waals surface area contributed by atoms with E-state index in [9.17, 15) is 8.42 Å². The molecule has 31 heavy (non-hydrogen) atoms. The molecule has 0 bridgehead atoms. The second-order valence-corrected chi connectivity index (χ2v) is 8.73. The molecule has 0 radical (unpaired) electrons. The normalized spacial score (nSPS) is 11.4. The fourth-order valence-electron chi connectivity index (χ4n) is 3.05. The fraction of sp³-hybridized carbons (Fsp3) is 0.130. The van der Waals surface area contributed by atoms with Crippen LogP contribution in [0, 0.1) is 6.92 Å². The lowest BCUT2D eigenvalue weighted by atomic mass is 10.1. The highest BCUT2D eigenvalue weighted by Crippen LogP contribution is 2.26. The summed E-state index contributed by atoms with van der Waals surface area (Å²) >= 11 is 0. The van der Waals surface area contributed by atoms with Gasteiger partial charge in [-0.3, -0.25) is 9.71 Å². The van der Waals surface area contributed by atoms with Crippen LogP contribution in [-0.2, 0) is 23.1 Å². The maximum Gasteiger partial charge on any atom is 0.263 e. The second-order valence-electron chi connectivity index (χ2n) is 7.05. The Morgan fingerprint density at radius 2 is 1.65 bits per heavy atom. The summed E-state index contributed by atoms with van der Waals surface area (Å²) < 4.78 is 33.4. The Hall–Kier alpha value is -3.49. The summed E-state index contributed by atoms with van der Waals surface area (Å²) in [5, 5.41) is 3.31. The molecule has 0 fully saturated rings. The lowest BCUT2D eigenvalue weighted by Crippen LogP contribution is -2.15. The number of nitrogens with zero attached hydrogens (tertiary/aromatic N) is 2. The summed E-state index contributed by atoms with van der Waals surface area (Å²) in [5.41, 5.74) is 3.30. The molecule has 0 aliphatic rings. The van der Waals surface area contributed by atoms with Gasteiger partial charge in [0.15, 0.2) is 5.82 Å². The minimum atomic E-state index is -3.77. The van der Waals surface area contributed by atoms with E-state index in [1.54, 1.807) is 30.5 Å². The quantitative estimate of drug-likeness (QED) is 0.433. The van der Waals surface area contributed by atoms with Crippen LogP contribution in [0.5, 0.6) is 0 Å². The van der Waals surface area contributed by atoms with Crippen LogP contribution in [0.15, 0.2) is 88.6 Å². The van der Waals surface area contributed by atoms with Crippen molar-refractivity contribution in [2.45, 2.75) is 24.9 Å². The molecule has 2 heterocycles. The van der Waals surface area contributed by atoms with Crippen molar-refractivity contribution in [3.8, 4) is 11.3 Å². The molecule has 0 aliphatic carbocycles. The first-order valence-electron chi connectivity index (χ1n) is 9.74. The van der Waals surface area contributed by atoms with E-state index in [0.29, 0.717) is 18.8 Å². The molecule has 4 aromatic rings. The molecule has 0 amide bonds. The number of benzene rings is 2. The molecule has 7 nitrogen and oxygen atoms in total. The predicted molar refractivity (Wildman–Crippen MR) is 119 cm³/mol. The molecule has 0 unspecified atom stereocenters. The highest BCUT2D eigenvalue weighted by atomic mass is 32.2. The lowest BCUT2D eigenvalue weighted by molar-refractivity contribution is 0.483. The standard InChI is InChI=1S/C23H22N4O3S/c1-17-4-10-21(11-5-17)31(28,29)27-23-22(25-12-13-26-23)19-8-6-18(7-9-19)15-24-16-20-3-2-14-30-20/h2-14,24H,15-16H2,1H3,(H,26,27). The van der Waals surface area contributed by atoms with E-state index in [0.717, 1.165) is 22.5 Å². The van der Waals surface area contributed by atoms with Crippen LogP contribution >= 0.6 is 0 Å². The van der Waals surface area contributed by atoms with E-state index < -0.39 is 10.0 Å². The first-order valence-corrected chi connectivity index (χ1v) is 11.2. The van der Waals surface area contributed by atoms with Crippen molar-refractivity contribution in [3.63, 3.8) is 0 Å². The third-order valence-corrected chi connectivity index (χ3v) is 6.05. The number of aryl methyl sites for hydroxylation is 1. The number of hydrogen-bond donors (Lipinski definition) is 2. The molecular weight excluding hydrogens is 412 g/mol. The summed E-state index contributed by atoms with van der Waals surface area (Å²) in [6, 6.07) is 18.2. The minimum absolute atomic E-state index is 0.174. The van der Waals surface area contributed by atoms with E-state index in [2.05, 4.69) is 20.0 Å². The molecule has 2 N–H and O–H groups in total. The summed E-state index contributed by atoms with van der Waals surface area (Å²) in [5.74, 6) is 1.06. The van der Waals surface area contributed by atoms with Crippen molar-refractivity contribution in [3.05, 3.63) is 96.2 Å². The molecule has 0 spiro atoms. The van der Waals surface area contributed by atoms with Gasteiger partial charge in [-0.2, -0.15) is 0 Å². The second kappa shape index (κ2) is 9.11. The van der Waals surface area contributed by atoms with E-state index >= 15 is 0 Å². The molecular formula is C23H22N4O3S. The van der Waals surface area contributed by atoms with Crippen molar-refractivity contribution in [2.24, 2.45) is 0 Å². The van der Waals surface area contributed by atoms with Crippen LogP contribution in [0.2, 0.25) is 0 Å². The maximum atomic E-state index is 12.8. The topological polar surface area (TPSA) is 97.1 Å². The molecule has 4 rings (SSSR count). The van der Waals surface area contributed by atoms with Crippen molar-refractivity contribution in [1.29, 1.82) is 0 Å². The monoisotopic (exact) mass is 434 g/mol. The van der Waals surface area contributed by atoms with Gasteiger partial charge in [0.1, 0.15) is 11.5 Å². The molecule has 0 aliphatic heterocycles. The average molecular weight is 435 g/mol. The summed E-state index contributed by atoms with van der Waals surface area (Å²) in [6.07, 6.45) is 4.65. The highest BCUT2D eigenvalue weighted by Gasteiger charge is 2.18. The van der Waals surface area contributed by atoms with Gasteiger partial charge < -0.3 is 9.73 Å². The number of sulfonamides is 1. The Morgan fingerprint density at radius 3 is 2.35 bits per heavy atom. The van der Waals surface area contributed by atoms with E-state index in [4.69, 9.17) is 4.42 Å². The van der Waals surface area contributed by atoms with Crippen LogP contribution in [0.4, 0.5) is 5.82 Å². The van der Waals surface area contributed by atoms with Gasteiger partial charge >= 0.3 is 0 Å². The van der Waals surface area contributed by atoms with Crippen molar-refractivity contribution < 1.29 is 12.8 Å². The summed E-state index contributed by atoms with van der Waals surface area (Å²) in [7, 11) is -3.77. The number of furan rings is 1. The molecule has 0 saturated carbocycles. The largest absolute Gasteiger partial charge is 0.468 e. The van der Waals surface area contributed by atoms with Gasteiger partial charge in [-0.15, -0.1) is 0 Å². The molecule has 2 aromatic heterocycles. The van der Waals surface area contributed by atoms with Gasteiger partial charge in [0, 0.05) is 24.5 Å². The number of nitrogens with one attached hydrogen (secondary N) is 2. The highest BCUT2D eigenvalue weighted by molar-refractivity contribution is 7.92. The maximum absolute atomic E-state index is 12.8. The number of hydrogen-bond acceptors (Lipinski definition) is 6. The van der Waals surface area contributed by atoms with Crippen molar-refractivity contribution >= 4 is 15.8 Å². The zero-order chi connectivity index (χ0) is 21.7. The molecule has 0 saturated heterocycles. The van der Waals surface area contributed by atoms with Gasteiger partial charge in [0.2, 0.25) is 0 Å². The van der Waals surface area contributed by atoms with Crippen molar-refractivity contribution in [1.82, 2.24) is 15.3 Å². The predicted octanol–water partition coefficient (Wildman–Crippen LogP) is 4.14. The first kappa shape index (κ1) is 20.8. The lowest BCUT2D eigenvalue weighted by Gasteiger charge is -2.11. The van der Waals surface area contributed by atoms with Crippen LogP contribution < -0.4 is 10.0 Å². The Labute approximate surface area is 181 Å². The molecule has 0 atom stereocenters.